The van der Waals surface area contributed by atoms with Gasteiger partial charge in [0.05, 0.1) is 6.61 Å². The van der Waals surface area contributed by atoms with Crippen LogP contribution in [0.4, 0.5) is 0 Å². The highest BCUT2D eigenvalue weighted by atomic mass is 16.5. The molecule has 0 aliphatic carbocycles. The number of carbonyl (C=O) groups excluding carboxylic acids is 1. The van der Waals surface area contributed by atoms with Crippen molar-refractivity contribution in [1.82, 2.24) is 15.5 Å². The fourth-order valence-electron chi connectivity index (χ4n) is 1.25. The molecule has 0 radical (unpaired) electrons. The van der Waals surface area contributed by atoms with Crippen molar-refractivity contribution >= 4 is 5.91 Å². The lowest BCUT2D eigenvalue weighted by Crippen LogP contribution is -2.35. The third-order valence-electron chi connectivity index (χ3n) is 2.04. The molecule has 0 saturated carbocycles. The number of nitrogens with zero attached hydrogens (tertiary/aromatic N) is 1. The van der Waals surface area contributed by atoms with Crippen LogP contribution in [0.5, 0.6) is 0 Å². The van der Waals surface area contributed by atoms with Gasteiger partial charge in [-0.1, -0.05) is 6.92 Å². The summed E-state index contributed by atoms with van der Waals surface area (Å²) in [4.78, 5) is 11.6. The molecular formula is C10H17N3O2. The van der Waals surface area contributed by atoms with Gasteiger partial charge in [0, 0.05) is 18.8 Å². The van der Waals surface area contributed by atoms with E-state index in [2.05, 4.69) is 15.5 Å². The number of nitrogens with one attached hydrogen (secondary N) is 2. The first kappa shape index (κ1) is 11.7. The van der Waals surface area contributed by atoms with Gasteiger partial charge in [-0.2, -0.15) is 5.10 Å². The van der Waals surface area contributed by atoms with Crippen LogP contribution < -0.4 is 5.32 Å². The fraction of sp³-hybridized carbons (Fsp3) is 0.600. The molecule has 84 valence electrons. The van der Waals surface area contributed by atoms with E-state index >= 15 is 0 Å². The van der Waals surface area contributed by atoms with Gasteiger partial charge in [-0.25, -0.2) is 0 Å². The Kier molecular flexibility index (Phi) is 4.30. The molecule has 1 unspecified atom stereocenters. The zero-order chi connectivity index (χ0) is 11.3. The molecule has 1 aromatic rings. The Labute approximate surface area is 89.2 Å². The summed E-state index contributed by atoms with van der Waals surface area (Å²) in [6.07, 6.45) is 0.841. The second kappa shape index (κ2) is 5.50. The highest BCUT2D eigenvalue weighted by Gasteiger charge is 2.12. The lowest BCUT2D eigenvalue weighted by molar-refractivity contribution is 0.0900. The van der Waals surface area contributed by atoms with Crippen molar-refractivity contribution < 1.29 is 9.53 Å². The van der Waals surface area contributed by atoms with Crippen molar-refractivity contribution in [3.63, 3.8) is 0 Å². The molecule has 1 atom stereocenters. The molecule has 0 bridgehead atoms. The molecule has 2 N–H and O–H groups in total. The molecule has 0 saturated heterocycles. The monoisotopic (exact) mass is 211 g/mol. The first-order valence-electron chi connectivity index (χ1n) is 5.01. The second-order valence-corrected chi connectivity index (χ2v) is 3.46. The van der Waals surface area contributed by atoms with E-state index in [9.17, 15) is 4.79 Å². The maximum Gasteiger partial charge on any atom is 0.272 e. The third kappa shape index (κ3) is 3.36. The van der Waals surface area contributed by atoms with E-state index in [0.29, 0.717) is 12.3 Å². The van der Waals surface area contributed by atoms with Crippen LogP contribution in [0.1, 0.15) is 30.0 Å². The van der Waals surface area contributed by atoms with Gasteiger partial charge in [0.1, 0.15) is 5.69 Å². The minimum atomic E-state index is -0.171. The van der Waals surface area contributed by atoms with E-state index < -0.39 is 0 Å². The van der Waals surface area contributed by atoms with E-state index in [1.165, 1.54) is 0 Å². The van der Waals surface area contributed by atoms with Crippen molar-refractivity contribution in [3.05, 3.63) is 17.5 Å². The van der Waals surface area contributed by atoms with Crippen LogP contribution in [-0.4, -0.2) is 35.9 Å². The Hall–Kier alpha value is -1.36. The van der Waals surface area contributed by atoms with E-state index in [4.69, 9.17) is 4.74 Å². The normalized spacial score (nSPS) is 12.5. The van der Waals surface area contributed by atoms with Gasteiger partial charge in [-0.05, 0) is 19.4 Å². The number of hydrogen-bond acceptors (Lipinski definition) is 3. The molecule has 0 aromatic carbocycles. The average molecular weight is 211 g/mol. The topological polar surface area (TPSA) is 67.0 Å². The number of ether oxygens (including phenoxy) is 1. The lowest BCUT2D eigenvalue weighted by atomic mass is 10.3. The largest absolute Gasteiger partial charge is 0.383 e. The zero-order valence-electron chi connectivity index (χ0n) is 9.33. The molecule has 0 spiro atoms. The zero-order valence-corrected chi connectivity index (χ0v) is 9.33. The number of aromatic amines is 1. The third-order valence-corrected chi connectivity index (χ3v) is 2.04. The molecular weight excluding hydrogens is 194 g/mol. The number of rotatable bonds is 5. The van der Waals surface area contributed by atoms with E-state index in [1.54, 1.807) is 13.2 Å². The SMILES string of the molecule is CCc1cc(C(=O)NC(C)COC)n[nH]1. The Morgan fingerprint density at radius 3 is 3.00 bits per heavy atom. The number of aromatic nitrogens is 2. The van der Waals surface area contributed by atoms with Crippen LogP contribution in [0.3, 0.4) is 0 Å². The van der Waals surface area contributed by atoms with Gasteiger partial charge in [0.15, 0.2) is 0 Å². The summed E-state index contributed by atoms with van der Waals surface area (Å²) >= 11 is 0. The fourth-order valence-corrected chi connectivity index (χ4v) is 1.25. The van der Waals surface area contributed by atoms with Gasteiger partial charge >= 0.3 is 0 Å². The Morgan fingerprint density at radius 1 is 1.73 bits per heavy atom. The van der Waals surface area contributed by atoms with Crippen molar-refractivity contribution in [1.29, 1.82) is 0 Å². The first-order valence-corrected chi connectivity index (χ1v) is 5.01. The van der Waals surface area contributed by atoms with E-state index in [-0.39, 0.29) is 11.9 Å². The van der Waals surface area contributed by atoms with Crippen LogP contribution in [0.2, 0.25) is 0 Å². The van der Waals surface area contributed by atoms with Gasteiger partial charge in [-0.15, -0.1) is 0 Å². The number of carbonyl (C=O) groups is 1. The molecule has 0 aliphatic rings. The number of H-pyrrole nitrogens is 1. The molecule has 1 heterocycles. The highest BCUT2D eigenvalue weighted by molar-refractivity contribution is 5.92. The standard InChI is InChI=1S/C10H17N3O2/c1-4-8-5-9(13-12-8)10(14)11-7(2)6-15-3/h5,7H,4,6H2,1-3H3,(H,11,14)(H,12,13). The lowest BCUT2D eigenvalue weighted by Gasteiger charge is -2.10. The Balaban J connectivity index is 2.53. The van der Waals surface area contributed by atoms with Crippen molar-refractivity contribution in [2.75, 3.05) is 13.7 Å². The molecule has 1 amide bonds. The first-order chi connectivity index (χ1) is 7.17. The molecule has 1 aromatic heterocycles. The van der Waals surface area contributed by atoms with Crippen molar-refractivity contribution in [2.24, 2.45) is 0 Å². The predicted octanol–water partition coefficient (Wildman–Crippen LogP) is 0.737. The summed E-state index contributed by atoms with van der Waals surface area (Å²) < 4.78 is 4.92. The molecule has 0 fully saturated rings. The minimum absolute atomic E-state index is 0.00993. The maximum atomic E-state index is 11.6. The molecule has 1 rings (SSSR count). The number of aryl methyl sites for hydroxylation is 1. The predicted molar refractivity (Wildman–Crippen MR) is 56.8 cm³/mol. The Morgan fingerprint density at radius 2 is 2.47 bits per heavy atom. The van der Waals surface area contributed by atoms with Gasteiger partial charge < -0.3 is 10.1 Å². The van der Waals surface area contributed by atoms with E-state index in [1.807, 2.05) is 13.8 Å². The van der Waals surface area contributed by atoms with Gasteiger partial charge in [0.25, 0.3) is 5.91 Å². The number of amides is 1. The smallest absolute Gasteiger partial charge is 0.272 e. The summed E-state index contributed by atoms with van der Waals surface area (Å²) in [5, 5.41) is 9.51. The van der Waals surface area contributed by atoms with Crippen LogP contribution in [0, 0.1) is 0 Å². The number of methoxy groups -OCH3 is 1. The van der Waals surface area contributed by atoms with Gasteiger partial charge in [-0.3, -0.25) is 9.89 Å². The summed E-state index contributed by atoms with van der Waals surface area (Å²) in [6.45, 7) is 4.38. The van der Waals surface area contributed by atoms with Crippen LogP contribution >= 0.6 is 0 Å². The Bertz CT molecular complexity index is 322. The summed E-state index contributed by atoms with van der Waals surface area (Å²) in [7, 11) is 1.60. The van der Waals surface area contributed by atoms with Crippen LogP contribution in [0.25, 0.3) is 0 Å². The molecule has 5 heteroatoms. The van der Waals surface area contributed by atoms with E-state index in [0.717, 1.165) is 12.1 Å². The van der Waals surface area contributed by atoms with Crippen molar-refractivity contribution in [3.8, 4) is 0 Å². The van der Waals surface area contributed by atoms with Gasteiger partial charge in [0.2, 0.25) is 0 Å². The van der Waals surface area contributed by atoms with Crippen LogP contribution in [-0.2, 0) is 11.2 Å². The maximum absolute atomic E-state index is 11.6. The highest BCUT2D eigenvalue weighted by Crippen LogP contribution is 2.00. The average Bonchev–Trinajstić information content (AvgIpc) is 2.66. The molecule has 15 heavy (non-hydrogen) atoms. The number of hydrogen-bond donors (Lipinski definition) is 2. The quantitative estimate of drug-likeness (QED) is 0.754. The minimum Gasteiger partial charge on any atom is -0.383 e. The summed E-state index contributed by atoms with van der Waals surface area (Å²) in [5.41, 5.74) is 1.38. The van der Waals surface area contributed by atoms with Crippen LogP contribution in [0.15, 0.2) is 6.07 Å². The van der Waals surface area contributed by atoms with Crippen molar-refractivity contribution in [2.45, 2.75) is 26.3 Å². The summed E-state index contributed by atoms with van der Waals surface area (Å²) in [5.74, 6) is -0.171. The second-order valence-electron chi connectivity index (χ2n) is 3.46. The molecule has 5 nitrogen and oxygen atoms in total. The summed E-state index contributed by atoms with van der Waals surface area (Å²) in [6, 6.07) is 1.75. The molecule has 0 aliphatic heterocycles.